The molecule has 124 valence electrons. The van der Waals surface area contributed by atoms with Gasteiger partial charge >= 0.3 is 0 Å². The molecule has 1 atom stereocenters. The van der Waals surface area contributed by atoms with Crippen LogP contribution >= 0.6 is 0 Å². The Labute approximate surface area is 131 Å². The molecule has 21 heavy (non-hydrogen) atoms. The van der Waals surface area contributed by atoms with Gasteiger partial charge in [0.2, 0.25) is 0 Å². The van der Waals surface area contributed by atoms with Gasteiger partial charge in [0.25, 0.3) is 0 Å². The Kier molecular flexibility index (Phi) is 6.10. The van der Waals surface area contributed by atoms with Gasteiger partial charge in [-0.05, 0) is 58.0 Å². The summed E-state index contributed by atoms with van der Waals surface area (Å²) in [7, 11) is 0. The third-order valence-electron chi connectivity index (χ3n) is 6.25. The summed E-state index contributed by atoms with van der Waals surface area (Å²) < 4.78 is 6.18. The molecule has 1 N–H and O–H groups in total. The van der Waals surface area contributed by atoms with E-state index in [1.54, 1.807) is 0 Å². The predicted molar refractivity (Wildman–Crippen MR) is 89.8 cm³/mol. The van der Waals surface area contributed by atoms with Crippen molar-refractivity contribution < 1.29 is 4.74 Å². The summed E-state index contributed by atoms with van der Waals surface area (Å²) in [6.07, 6.45) is 8.49. The number of nitrogens with one attached hydrogen (secondary N) is 1. The van der Waals surface area contributed by atoms with Crippen LogP contribution in [0.4, 0.5) is 0 Å². The Balaban J connectivity index is 2.08. The van der Waals surface area contributed by atoms with Crippen molar-refractivity contribution in [1.29, 1.82) is 0 Å². The molecule has 0 radical (unpaired) electrons. The molecular formula is C18H36N2O. The zero-order chi connectivity index (χ0) is 15.3. The van der Waals surface area contributed by atoms with Crippen LogP contribution in [-0.4, -0.2) is 48.3 Å². The number of ether oxygens (including phenoxy) is 1. The molecule has 0 spiro atoms. The number of nitrogens with zero attached hydrogens (tertiary/aromatic N) is 1. The molecule has 0 aromatic heterocycles. The van der Waals surface area contributed by atoms with E-state index < -0.39 is 0 Å². The van der Waals surface area contributed by atoms with Crippen LogP contribution < -0.4 is 5.32 Å². The van der Waals surface area contributed by atoms with Crippen LogP contribution in [0.25, 0.3) is 0 Å². The molecular weight excluding hydrogens is 260 g/mol. The highest BCUT2D eigenvalue weighted by Crippen LogP contribution is 2.35. The lowest BCUT2D eigenvalue weighted by Gasteiger charge is -2.46. The van der Waals surface area contributed by atoms with Gasteiger partial charge in [-0.3, -0.25) is 4.90 Å². The summed E-state index contributed by atoms with van der Waals surface area (Å²) in [5.41, 5.74) is 0.472. The Morgan fingerprint density at radius 1 is 1.10 bits per heavy atom. The lowest BCUT2D eigenvalue weighted by atomic mass is 9.84. The van der Waals surface area contributed by atoms with Crippen LogP contribution in [0.15, 0.2) is 0 Å². The van der Waals surface area contributed by atoms with Gasteiger partial charge in [-0.2, -0.15) is 0 Å². The molecule has 2 aliphatic rings. The third kappa shape index (κ3) is 3.80. The van der Waals surface area contributed by atoms with E-state index in [-0.39, 0.29) is 5.60 Å². The van der Waals surface area contributed by atoms with Gasteiger partial charge in [0.15, 0.2) is 0 Å². The van der Waals surface area contributed by atoms with Crippen LogP contribution in [0.3, 0.4) is 0 Å². The topological polar surface area (TPSA) is 24.5 Å². The van der Waals surface area contributed by atoms with Crippen molar-refractivity contribution in [3.05, 3.63) is 0 Å². The molecule has 2 fully saturated rings. The maximum absolute atomic E-state index is 6.18. The summed E-state index contributed by atoms with van der Waals surface area (Å²) in [4.78, 5) is 2.79. The highest BCUT2D eigenvalue weighted by molar-refractivity contribution is 4.96. The second kappa shape index (κ2) is 7.43. The third-order valence-corrected chi connectivity index (χ3v) is 6.25. The van der Waals surface area contributed by atoms with E-state index in [1.807, 2.05) is 0 Å². The second-order valence-electron chi connectivity index (χ2n) is 7.12. The van der Waals surface area contributed by atoms with Crippen LogP contribution in [0.5, 0.6) is 0 Å². The van der Waals surface area contributed by atoms with E-state index in [0.717, 1.165) is 25.5 Å². The fraction of sp³-hybridized carbons (Fsp3) is 1.00. The Morgan fingerprint density at radius 3 is 2.43 bits per heavy atom. The van der Waals surface area contributed by atoms with E-state index in [4.69, 9.17) is 4.74 Å². The Morgan fingerprint density at radius 2 is 1.81 bits per heavy atom. The van der Waals surface area contributed by atoms with E-state index >= 15 is 0 Å². The molecule has 3 heteroatoms. The van der Waals surface area contributed by atoms with E-state index in [9.17, 15) is 0 Å². The van der Waals surface area contributed by atoms with Crippen LogP contribution in [0, 0.1) is 0 Å². The minimum atomic E-state index is 0.143. The minimum absolute atomic E-state index is 0.143. The maximum atomic E-state index is 6.18. The van der Waals surface area contributed by atoms with Crippen molar-refractivity contribution in [2.45, 2.75) is 89.8 Å². The molecule has 0 aliphatic carbocycles. The largest absolute Gasteiger partial charge is 0.375 e. The molecule has 0 aromatic rings. The quantitative estimate of drug-likeness (QED) is 0.839. The molecule has 1 unspecified atom stereocenters. The van der Waals surface area contributed by atoms with E-state index in [1.165, 1.54) is 51.7 Å². The number of rotatable bonds is 5. The molecule has 3 nitrogen and oxygen atoms in total. The Bertz CT molecular complexity index is 310. The normalized spacial score (nSPS) is 30.0. The molecule has 2 heterocycles. The smallest absolute Gasteiger partial charge is 0.0692 e. The van der Waals surface area contributed by atoms with Gasteiger partial charge < -0.3 is 10.1 Å². The molecule has 2 aliphatic heterocycles. The predicted octanol–water partition coefficient (Wildman–Crippen LogP) is 3.58. The lowest BCUT2D eigenvalue weighted by Crippen LogP contribution is -2.55. The fourth-order valence-corrected chi connectivity index (χ4v) is 4.25. The van der Waals surface area contributed by atoms with Crippen LogP contribution in [0.1, 0.15) is 72.6 Å². The first-order valence-electron chi connectivity index (χ1n) is 9.25. The van der Waals surface area contributed by atoms with Crippen molar-refractivity contribution in [2.75, 3.05) is 26.2 Å². The first-order chi connectivity index (χ1) is 10.1. The number of hydrogen-bond donors (Lipinski definition) is 1. The van der Waals surface area contributed by atoms with Gasteiger partial charge in [-0.1, -0.05) is 27.7 Å². The number of hydrogen-bond acceptors (Lipinski definition) is 3. The standard InChI is InChI=1S/C18H36N2O/c1-5-17(6-2)15-20(12-9-11-19-17)16-10-13-21-18(7-3,8-4)14-16/h16,19H,5-15H2,1-4H3. The summed E-state index contributed by atoms with van der Waals surface area (Å²) in [6, 6.07) is 0.719. The van der Waals surface area contributed by atoms with Crippen LogP contribution in [0.2, 0.25) is 0 Å². The zero-order valence-corrected chi connectivity index (χ0v) is 14.7. The molecule has 2 saturated heterocycles. The maximum Gasteiger partial charge on any atom is 0.0692 e. The average Bonchev–Trinajstić information content (AvgIpc) is 2.78. The molecule has 0 bridgehead atoms. The molecule has 2 rings (SSSR count). The Hall–Kier alpha value is -0.120. The average molecular weight is 296 g/mol. The van der Waals surface area contributed by atoms with Crippen molar-refractivity contribution in [3.8, 4) is 0 Å². The second-order valence-corrected chi connectivity index (χ2v) is 7.12. The van der Waals surface area contributed by atoms with Crippen LogP contribution in [-0.2, 0) is 4.74 Å². The zero-order valence-electron chi connectivity index (χ0n) is 14.7. The summed E-state index contributed by atoms with van der Waals surface area (Å²) in [5.74, 6) is 0. The van der Waals surface area contributed by atoms with Gasteiger partial charge in [-0.25, -0.2) is 0 Å². The molecule has 0 saturated carbocycles. The first kappa shape index (κ1) is 17.2. The summed E-state index contributed by atoms with van der Waals surface area (Å²) >= 11 is 0. The van der Waals surface area contributed by atoms with Crippen molar-refractivity contribution in [1.82, 2.24) is 10.2 Å². The monoisotopic (exact) mass is 296 g/mol. The van der Waals surface area contributed by atoms with Crippen molar-refractivity contribution >= 4 is 0 Å². The van der Waals surface area contributed by atoms with Gasteiger partial charge in [0, 0.05) is 24.7 Å². The fourth-order valence-electron chi connectivity index (χ4n) is 4.25. The van der Waals surface area contributed by atoms with Gasteiger partial charge in [0.05, 0.1) is 5.60 Å². The van der Waals surface area contributed by atoms with E-state index in [2.05, 4.69) is 37.9 Å². The lowest BCUT2D eigenvalue weighted by molar-refractivity contribution is -0.111. The minimum Gasteiger partial charge on any atom is -0.375 e. The van der Waals surface area contributed by atoms with E-state index in [0.29, 0.717) is 5.54 Å². The summed E-state index contributed by atoms with van der Waals surface area (Å²) in [5, 5.41) is 3.84. The SMILES string of the molecule is CCC1(CC)CN(C2CCOC(CC)(CC)C2)CCCN1. The van der Waals surface area contributed by atoms with Gasteiger partial charge in [0.1, 0.15) is 0 Å². The highest BCUT2D eigenvalue weighted by atomic mass is 16.5. The van der Waals surface area contributed by atoms with Gasteiger partial charge in [-0.15, -0.1) is 0 Å². The van der Waals surface area contributed by atoms with Crippen molar-refractivity contribution in [2.24, 2.45) is 0 Å². The summed E-state index contributed by atoms with van der Waals surface area (Å²) in [6.45, 7) is 13.8. The van der Waals surface area contributed by atoms with Crippen molar-refractivity contribution in [3.63, 3.8) is 0 Å². The first-order valence-corrected chi connectivity index (χ1v) is 9.25. The molecule has 0 amide bonds. The molecule has 0 aromatic carbocycles. The highest BCUT2D eigenvalue weighted by Gasteiger charge is 2.39.